The standard InChI is InChI=1S/C16H20O3S.K/c1-3-5-12-7-8-13-11-16(20(17,18)19)14(6-4-2)10-15(13)9-12;/h7-11H,3-6H2,1-2H3,(H,17,18,19);/q;+1/p-1. The molecule has 0 N–H and O–H groups in total. The zero-order valence-corrected chi connectivity index (χ0v) is 16.8. The van der Waals surface area contributed by atoms with E-state index in [-0.39, 0.29) is 56.3 Å². The van der Waals surface area contributed by atoms with Gasteiger partial charge >= 0.3 is 51.4 Å². The fourth-order valence-electron chi connectivity index (χ4n) is 2.52. The van der Waals surface area contributed by atoms with Crippen molar-refractivity contribution in [2.75, 3.05) is 0 Å². The van der Waals surface area contributed by atoms with E-state index < -0.39 is 10.1 Å². The summed E-state index contributed by atoms with van der Waals surface area (Å²) >= 11 is 0. The molecule has 0 unspecified atom stereocenters. The largest absolute Gasteiger partial charge is 1.00 e. The summed E-state index contributed by atoms with van der Waals surface area (Å²) in [6, 6.07) is 9.33. The van der Waals surface area contributed by atoms with Crippen molar-refractivity contribution >= 4 is 20.9 Å². The SMILES string of the molecule is CCCc1ccc2cc(S(=O)(=O)[O-])c(CCC)cc2c1.[K+]. The van der Waals surface area contributed by atoms with Crippen LogP contribution < -0.4 is 51.4 Å². The summed E-state index contributed by atoms with van der Waals surface area (Å²) in [5.74, 6) is 0. The van der Waals surface area contributed by atoms with Crippen LogP contribution in [0.3, 0.4) is 0 Å². The van der Waals surface area contributed by atoms with E-state index in [4.69, 9.17) is 0 Å². The molecule has 0 saturated carbocycles. The second-order valence-corrected chi connectivity index (χ2v) is 6.44. The molecule has 2 aromatic rings. The molecule has 0 atom stereocenters. The zero-order valence-electron chi connectivity index (χ0n) is 12.8. The van der Waals surface area contributed by atoms with E-state index in [2.05, 4.69) is 13.0 Å². The molecule has 108 valence electrons. The van der Waals surface area contributed by atoms with Crippen LogP contribution in [0.5, 0.6) is 0 Å². The van der Waals surface area contributed by atoms with Gasteiger partial charge in [0.05, 0.1) is 4.90 Å². The third-order valence-electron chi connectivity index (χ3n) is 3.41. The number of benzene rings is 2. The van der Waals surface area contributed by atoms with Gasteiger partial charge in [0.25, 0.3) is 0 Å². The predicted octanol–water partition coefficient (Wildman–Crippen LogP) is 0.653. The van der Waals surface area contributed by atoms with Gasteiger partial charge in [0.2, 0.25) is 0 Å². The Bertz CT molecular complexity index is 724. The van der Waals surface area contributed by atoms with E-state index in [1.165, 1.54) is 11.6 Å². The van der Waals surface area contributed by atoms with Crippen LogP contribution in [0, 0.1) is 0 Å². The Morgan fingerprint density at radius 1 is 0.952 bits per heavy atom. The third-order valence-corrected chi connectivity index (χ3v) is 4.33. The molecule has 0 spiro atoms. The zero-order chi connectivity index (χ0) is 14.8. The molecule has 0 radical (unpaired) electrons. The quantitative estimate of drug-likeness (QED) is 0.597. The van der Waals surface area contributed by atoms with Gasteiger partial charge in [-0.1, -0.05) is 44.9 Å². The summed E-state index contributed by atoms with van der Waals surface area (Å²) in [5, 5.41) is 1.81. The second kappa shape index (κ2) is 8.20. The van der Waals surface area contributed by atoms with Crippen molar-refractivity contribution in [2.45, 2.75) is 44.4 Å². The smallest absolute Gasteiger partial charge is 0.744 e. The summed E-state index contributed by atoms with van der Waals surface area (Å²) in [7, 11) is -4.42. The molecule has 0 aliphatic rings. The molecular weight excluding hydrogens is 311 g/mol. The number of hydrogen-bond acceptors (Lipinski definition) is 3. The van der Waals surface area contributed by atoms with Gasteiger partial charge in [-0.2, -0.15) is 0 Å². The average molecular weight is 330 g/mol. The number of hydrogen-bond donors (Lipinski definition) is 0. The topological polar surface area (TPSA) is 57.2 Å². The first-order valence-corrected chi connectivity index (χ1v) is 8.38. The molecule has 0 amide bonds. The summed E-state index contributed by atoms with van der Waals surface area (Å²) < 4.78 is 34.2. The van der Waals surface area contributed by atoms with E-state index in [0.29, 0.717) is 12.0 Å². The summed E-state index contributed by atoms with van der Waals surface area (Å²) in [4.78, 5) is -0.0740. The minimum absolute atomic E-state index is 0. The van der Waals surface area contributed by atoms with E-state index in [1.807, 2.05) is 25.1 Å². The molecule has 0 aliphatic heterocycles. The predicted molar refractivity (Wildman–Crippen MR) is 79.9 cm³/mol. The van der Waals surface area contributed by atoms with Gasteiger partial charge in [0.1, 0.15) is 10.1 Å². The van der Waals surface area contributed by atoms with Crippen molar-refractivity contribution in [1.82, 2.24) is 0 Å². The molecule has 0 bridgehead atoms. The first kappa shape index (κ1) is 19.3. The molecule has 0 fully saturated rings. The fourth-order valence-corrected chi connectivity index (χ4v) is 3.27. The monoisotopic (exact) mass is 330 g/mol. The van der Waals surface area contributed by atoms with Gasteiger partial charge in [0, 0.05) is 0 Å². The van der Waals surface area contributed by atoms with Gasteiger partial charge in [-0.3, -0.25) is 0 Å². The van der Waals surface area contributed by atoms with E-state index in [1.54, 1.807) is 0 Å². The molecule has 5 heteroatoms. The summed E-state index contributed by atoms with van der Waals surface area (Å²) in [6.07, 6.45) is 3.48. The van der Waals surface area contributed by atoms with Gasteiger partial charge in [-0.05, 0) is 46.9 Å². The van der Waals surface area contributed by atoms with Crippen LogP contribution in [0.4, 0.5) is 0 Å². The van der Waals surface area contributed by atoms with Crippen LogP contribution in [0.25, 0.3) is 10.8 Å². The molecule has 2 rings (SSSR count). The summed E-state index contributed by atoms with van der Waals surface area (Å²) in [6.45, 7) is 4.10. The van der Waals surface area contributed by atoms with Crippen LogP contribution in [0.2, 0.25) is 0 Å². The molecule has 21 heavy (non-hydrogen) atoms. The Morgan fingerprint density at radius 2 is 1.62 bits per heavy atom. The Labute approximate surface area is 169 Å². The van der Waals surface area contributed by atoms with Crippen molar-refractivity contribution in [1.29, 1.82) is 0 Å². The fraction of sp³-hybridized carbons (Fsp3) is 0.375. The molecule has 0 saturated heterocycles. The van der Waals surface area contributed by atoms with Crippen molar-refractivity contribution in [3.05, 3.63) is 41.5 Å². The Morgan fingerprint density at radius 3 is 2.19 bits per heavy atom. The molecule has 0 aromatic heterocycles. The Kier molecular flexibility index (Phi) is 7.53. The third kappa shape index (κ3) is 4.86. The number of rotatable bonds is 5. The van der Waals surface area contributed by atoms with Crippen LogP contribution >= 0.6 is 0 Å². The van der Waals surface area contributed by atoms with Crippen molar-refractivity contribution < 1.29 is 64.4 Å². The number of fused-ring (bicyclic) bond motifs is 1. The minimum atomic E-state index is -4.42. The molecule has 0 heterocycles. The van der Waals surface area contributed by atoms with Crippen LogP contribution in [-0.4, -0.2) is 13.0 Å². The van der Waals surface area contributed by atoms with Crippen LogP contribution in [-0.2, 0) is 23.0 Å². The molecule has 0 aliphatic carbocycles. The van der Waals surface area contributed by atoms with Crippen molar-refractivity contribution in [2.24, 2.45) is 0 Å². The summed E-state index contributed by atoms with van der Waals surface area (Å²) in [5.41, 5.74) is 1.86. The van der Waals surface area contributed by atoms with Crippen LogP contribution in [0.15, 0.2) is 35.2 Å². The van der Waals surface area contributed by atoms with Gasteiger partial charge in [0.15, 0.2) is 0 Å². The maximum absolute atomic E-state index is 11.4. The maximum atomic E-state index is 11.4. The van der Waals surface area contributed by atoms with E-state index >= 15 is 0 Å². The average Bonchev–Trinajstić information content (AvgIpc) is 2.37. The Balaban J connectivity index is 0.00000220. The van der Waals surface area contributed by atoms with Gasteiger partial charge < -0.3 is 4.55 Å². The van der Waals surface area contributed by atoms with Gasteiger partial charge in [-0.15, -0.1) is 0 Å². The minimum Gasteiger partial charge on any atom is -0.744 e. The first-order chi connectivity index (χ1) is 9.45. The molecular formula is C16H19KO3S. The van der Waals surface area contributed by atoms with Crippen molar-refractivity contribution in [3.8, 4) is 0 Å². The maximum Gasteiger partial charge on any atom is 1.00 e. The van der Waals surface area contributed by atoms with Crippen LogP contribution in [0.1, 0.15) is 37.8 Å². The van der Waals surface area contributed by atoms with E-state index in [0.717, 1.165) is 30.0 Å². The second-order valence-electron chi connectivity index (χ2n) is 5.10. The van der Waals surface area contributed by atoms with Gasteiger partial charge in [-0.25, -0.2) is 8.42 Å². The number of aryl methyl sites for hydroxylation is 2. The molecule has 2 aromatic carbocycles. The first-order valence-electron chi connectivity index (χ1n) is 6.97. The van der Waals surface area contributed by atoms with Crippen molar-refractivity contribution in [3.63, 3.8) is 0 Å². The molecule has 3 nitrogen and oxygen atoms in total. The Hall–Kier alpha value is 0.246. The van der Waals surface area contributed by atoms with E-state index in [9.17, 15) is 13.0 Å². The normalized spacial score (nSPS) is 11.4.